The van der Waals surface area contributed by atoms with Crippen molar-refractivity contribution in [2.75, 3.05) is 23.3 Å². The second-order valence-electron chi connectivity index (χ2n) is 4.61. The summed E-state index contributed by atoms with van der Waals surface area (Å²) in [6.07, 6.45) is 0. The van der Waals surface area contributed by atoms with E-state index in [1.807, 2.05) is 6.07 Å². The number of nitrogens with zero attached hydrogens (tertiary/aromatic N) is 1. The molecule has 1 aromatic rings. The van der Waals surface area contributed by atoms with Crippen molar-refractivity contribution in [1.29, 1.82) is 0 Å². The van der Waals surface area contributed by atoms with Gasteiger partial charge in [-0.3, -0.25) is 0 Å². The molecule has 1 aliphatic heterocycles. The van der Waals surface area contributed by atoms with Gasteiger partial charge in [-0.1, -0.05) is 0 Å². The van der Waals surface area contributed by atoms with Crippen LogP contribution in [0.3, 0.4) is 0 Å². The maximum absolute atomic E-state index is 9.42. The van der Waals surface area contributed by atoms with Crippen LogP contribution in [-0.4, -0.2) is 23.7 Å². The second kappa shape index (κ2) is 3.33. The van der Waals surface area contributed by atoms with Crippen LogP contribution in [0.2, 0.25) is 0 Å². The number of rotatable bonds is 1. The summed E-state index contributed by atoms with van der Waals surface area (Å²) in [5.41, 5.74) is 2.32. The highest BCUT2D eigenvalue weighted by Gasteiger charge is 2.31. The number of aromatic hydroxyl groups is 1. The maximum Gasteiger partial charge on any atom is 0.117 e. The van der Waals surface area contributed by atoms with Crippen molar-refractivity contribution in [3.8, 4) is 5.75 Å². The second-order valence-corrected chi connectivity index (χ2v) is 4.61. The number of nitrogens with one attached hydrogen (secondary N) is 1. The van der Waals surface area contributed by atoms with Crippen LogP contribution in [-0.2, 0) is 0 Å². The predicted molar refractivity (Wildman–Crippen MR) is 63.7 cm³/mol. The van der Waals surface area contributed by atoms with Crippen LogP contribution in [0.1, 0.15) is 20.8 Å². The van der Waals surface area contributed by atoms with Crippen molar-refractivity contribution in [1.82, 2.24) is 0 Å². The summed E-state index contributed by atoms with van der Waals surface area (Å²) >= 11 is 0. The molecule has 3 heteroatoms. The number of likely N-dealkylation sites (N-methyl/N-ethyl adjacent to an activating group) is 1. The highest BCUT2D eigenvalue weighted by Crippen LogP contribution is 2.37. The quantitative estimate of drug-likeness (QED) is 0.740. The molecule has 0 spiro atoms. The van der Waals surface area contributed by atoms with E-state index in [2.05, 4.69) is 31.0 Å². The zero-order valence-electron chi connectivity index (χ0n) is 9.54. The predicted octanol–water partition coefficient (Wildman–Crippen LogP) is 2.42. The van der Waals surface area contributed by atoms with Crippen LogP contribution in [0.4, 0.5) is 11.4 Å². The lowest BCUT2D eigenvalue weighted by atomic mass is 9.97. The molecule has 1 aliphatic rings. The molecule has 0 saturated heterocycles. The smallest absolute Gasteiger partial charge is 0.117 e. The number of phenols is 1. The number of fused-ring (bicyclic) bond motifs is 1. The van der Waals surface area contributed by atoms with Gasteiger partial charge in [-0.05, 0) is 32.9 Å². The Morgan fingerprint density at radius 1 is 1.47 bits per heavy atom. The lowest BCUT2D eigenvalue weighted by Gasteiger charge is -2.45. The average molecular weight is 206 g/mol. The van der Waals surface area contributed by atoms with Crippen molar-refractivity contribution in [3.05, 3.63) is 18.2 Å². The van der Waals surface area contributed by atoms with Gasteiger partial charge in [-0.2, -0.15) is 0 Å². The summed E-state index contributed by atoms with van der Waals surface area (Å²) in [6, 6.07) is 5.50. The third kappa shape index (κ3) is 1.62. The first kappa shape index (κ1) is 10.1. The third-order valence-corrected chi connectivity index (χ3v) is 3.03. The monoisotopic (exact) mass is 206 g/mol. The molecular weight excluding hydrogens is 188 g/mol. The van der Waals surface area contributed by atoms with E-state index < -0.39 is 0 Å². The fourth-order valence-corrected chi connectivity index (χ4v) is 2.23. The first-order valence-electron chi connectivity index (χ1n) is 5.39. The van der Waals surface area contributed by atoms with E-state index in [4.69, 9.17) is 0 Å². The summed E-state index contributed by atoms with van der Waals surface area (Å²) in [5, 5.41) is 12.8. The molecule has 3 nitrogen and oxygen atoms in total. The van der Waals surface area contributed by atoms with E-state index >= 15 is 0 Å². The standard InChI is InChI=1S/C12H18N2O/c1-4-14-11-6-5-9(15)7-10(11)13-8-12(14,2)3/h5-7,13,15H,4,8H2,1-3H3. The Hall–Kier alpha value is -1.38. The zero-order valence-corrected chi connectivity index (χ0v) is 9.54. The molecule has 0 aromatic heterocycles. The molecule has 0 unspecified atom stereocenters. The van der Waals surface area contributed by atoms with Crippen LogP contribution >= 0.6 is 0 Å². The van der Waals surface area contributed by atoms with Gasteiger partial charge in [0, 0.05) is 19.2 Å². The van der Waals surface area contributed by atoms with Crippen molar-refractivity contribution < 1.29 is 5.11 Å². The Kier molecular flexibility index (Phi) is 2.25. The van der Waals surface area contributed by atoms with Crippen molar-refractivity contribution >= 4 is 11.4 Å². The van der Waals surface area contributed by atoms with Crippen LogP contribution in [0.15, 0.2) is 18.2 Å². The normalized spacial score (nSPS) is 18.2. The third-order valence-electron chi connectivity index (χ3n) is 3.03. The molecule has 1 heterocycles. The van der Waals surface area contributed by atoms with Crippen LogP contribution in [0.5, 0.6) is 5.75 Å². The van der Waals surface area contributed by atoms with Gasteiger partial charge in [0.15, 0.2) is 0 Å². The maximum atomic E-state index is 9.42. The molecule has 82 valence electrons. The Bertz CT molecular complexity index is 374. The van der Waals surface area contributed by atoms with Gasteiger partial charge in [-0.15, -0.1) is 0 Å². The molecule has 1 aromatic carbocycles. The lowest BCUT2D eigenvalue weighted by Crippen LogP contribution is -2.52. The van der Waals surface area contributed by atoms with E-state index in [1.165, 1.54) is 5.69 Å². The summed E-state index contributed by atoms with van der Waals surface area (Å²) in [6.45, 7) is 8.48. The molecule has 15 heavy (non-hydrogen) atoms. The minimum Gasteiger partial charge on any atom is -0.508 e. The number of hydrogen-bond donors (Lipinski definition) is 2. The van der Waals surface area contributed by atoms with Crippen molar-refractivity contribution in [3.63, 3.8) is 0 Å². The van der Waals surface area contributed by atoms with Gasteiger partial charge in [0.2, 0.25) is 0 Å². The molecule has 0 bridgehead atoms. The molecule has 0 amide bonds. The molecule has 0 atom stereocenters. The highest BCUT2D eigenvalue weighted by molar-refractivity contribution is 5.75. The summed E-state index contributed by atoms with van der Waals surface area (Å²) in [7, 11) is 0. The first-order valence-corrected chi connectivity index (χ1v) is 5.39. The summed E-state index contributed by atoms with van der Waals surface area (Å²) in [5.74, 6) is 0.317. The van der Waals surface area contributed by atoms with E-state index in [0.717, 1.165) is 18.8 Å². The molecule has 2 rings (SSSR count). The highest BCUT2D eigenvalue weighted by atomic mass is 16.3. The largest absolute Gasteiger partial charge is 0.508 e. The van der Waals surface area contributed by atoms with Gasteiger partial charge in [0.1, 0.15) is 5.75 Å². The molecule has 0 aliphatic carbocycles. The number of phenolic OH excluding ortho intramolecular Hbond substituents is 1. The van der Waals surface area contributed by atoms with E-state index in [9.17, 15) is 5.11 Å². The van der Waals surface area contributed by atoms with Gasteiger partial charge >= 0.3 is 0 Å². The zero-order chi connectivity index (χ0) is 11.1. The first-order chi connectivity index (χ1) is 7.04. The number of anilines is 2. The Labute approximate surface area is 90.7 Å². The summed E-state index contributed by atoms with van der Waals surface area (Å²) in [4.78, 5) is 2.36. The van der Waals surface area contributed by atoms with Crippen molar-refractivity contribution in [2.24, 2.45) is 0 Å². The van der Waals surface area contributed by atoms with Gasteiger partial charge < -0.3 is 15.3 Å². The van der Waals surface area contributed by atoms with Gasteiger partial charge in [0.25, 0.3) is 0 Å². The Balaban J connectivity index is 2.47. The number of benzene rings is 1. The summed E-state index contributed by atoms with van der Waals surface area (Å²) < 4.78 is 0. The van der Waals surface area contributed by atoms with Crippen LogP contribution in [0, 0.1) is 0 Å². The van der Waals surface area contributed by atoms with Gasteiger partial charge in [-0.25, -0.2) is 0 Å². The number of hydrogen-bond acceptors (Lipinski definition) is 3. The SMILES string of the molecule is CCN1c2ccc(O)cc2NCC1(C)C. The fourth-order valence-electron chi connectivity index (χ4n) is 2.23. The van der Waals surface area contributed by atoms with Gasteiger partial charge in [0.05, 0.1) is 16.9 Å². The van der Waals surface area contributed by atoms with Crippen LogP contribution in [0.25, 0.3) is 0 Å². The molecule has 2 N–H and O–H groups in total. The minimum atomic E-state index is 0.124. The fraction of sp³-hybridized carbons (Fsp3) is 0.500. The molecule has 0 radical (unpaired) electrons. The van der Waals surface area contributed by atoms with E-state index in [0.29, 0.717) is 5.75 Å². The van der Waals surface area contributed by atoms with Crippen molar-refractivity contribution in [2.45, 2.75) is 26.3 Å². The van der Waals surface area contributed by atoms with Crippen LogP contribution < -0.4 is 10.2 Å². The molecule has 0 fully saturated rings. The minimum absolute atomic E-state index is 0.124. The topological polar surface area (TPSA) is 35.5 Å². The van der Waals surface area contributed by atoms with E-state index in [1.54, 1.807) is 12.1 Å². The van der Waals surface area contributed by atoms with E-state index in [-0.39, 0.29) is 5.54 Å². The molecule has 0 saturated carbocycles. The Morgan fingerprint density at radius 3 is 2.87 bits per heavy atom. The lowest BCUT2D eigenvalue weighted by molar-refractivity contribution is 0.467. The molecular formula is C12H18N2O. The Morgan fingerprint density at radius 2 is 2.20 bits per heavy atom. The average Bonchev–Trinajstić information content (AvgIpc) is 2.18.